The number of ether oxygens (including phenoxy) is 2. The molecule has 0 aliphatic heterocycles. The molecule has 3 nitrogen and oxygen atoms in total. The summed E-state index contributed by atoms with van der Waals surface area (Å²) < 4.78 is 10.5. The van der Waals surface area contributed by atoms with Crippen molar-refractivity contribution in [3.63, 3.8) is 0 Å². The lowest BCUT2D eigenvalue weighted by molar-refractivity contribution is 0.0224. The van der Waals surface area contributed by atoms with E-state index in [1.165, 1.54) is 0 Å². The van der Waals surface area contributed by atoms with E-state index in [4.69, 9.17) is 21.1 Å². The van der Waals surface area contributed by atoms with Crippen LogP contribution >= 0.6 is 11.6 Å². The Labute approximate surface area is 114 Å². The highest BCUT2D eigenvalue weighted by Gasteiger charge is 2.08. The number of benzene rings is 1. The normalized spacial score (nSPS) is 12.4. The fourth-order valence-corrected chi connectivity index (χ4v) is 1.81. The van der Waals surface area contributed by atoms with E-state index >= 15 is 0 Å². The van der Waals surface area contributed by atoms with Crippen molar-refractivity contribution in [3.8, 4) is 5.75 Å². The molecule has 0 saturated carbocycles. The van der Waals surface area contributed by atoms with Crippen LogP contribution in [0.5, 0.6) is 5.75 Å². The largest absolute Gasteiger partial charge is 0.466 e. The third-order valence-electron chi connectivity index (χ3n) is 2.66. The Balaban J connectivity index is 2.60. The van der Waals surface area contributed by atoms with Gasteiger partial charge in [-0.05, 0) is 44.5 Å². The Morgan fingerprint density at radius 2 is 2.11 bits per heavy atom. The topological polar surface area (TPSA) is 30.5 Å². The standard InChI is InChI=1S/C14H22ClNO2/c1-4-8-16-11(3)12-6-7-14(13(15)9-12)18-10-17-5-2/h6-7,9,11,16H,4-5,8,10H2,1-3H3. The Morgan fingerprint density at radius 3 is 2.72 bits per heavy atom. The van der Waals surface area contributed by atoms with Crippen LogP contribution in [0, 0.1) is 0 Å². The van der Waals surface area contributed by atoms with Crippen molar-refractivity contribution >= 4 is 11.6 Å². The summed E-state index contributed by atoms with van der Waals surface area (Å²) in [7, 11) is 0. The van der Waals surface area contributed by atoms with Crippen LogP contribution in [0.1, 0.15) is 38.8 Å². The second-order valence-electron chi connectivity index (χ2n) is 4.12. The Kier molecular flexibility index (Phi) is 7.09. The Bertz CT molecular complexity index is 358. The van der Waals surface area contributed by atoms with Crippen molar-refractivity contribution in [2.45, 2.75) is 33.2 Å². The van der Waals surface area contributed by atoms with Gasteiger partial charge in [0.1, 0.15) is 5.75 Å². The van der Waals surface area contributed by atoms with E-state index < -0.39 is 0 Å². The molecule has 1 unspecified atom stereocenters. The van der Waals surface area contributed by atoms with Gasteiger partial charge < -0.3 is 14.8 Å². The van der Waals surface area contributed by atoms with Crippen molar-refractivity contribution in [1.29, 1.82) is 0 Å². The van der Waals surface area contributed by atoms with Crippen molar-refractivity contribution in [2.24, 2.45) is 0 Å². The number of halogens is 1. The van der Waals surface area contributed by atoms with Gasteiger partial charge in [0.25, 0.3) is 0 Å². The monoisotopic (exact) mass is 271 g/mol. The van der Waals surface area contributed by atoms with E-state index in [1.807, 2.05) is 25.1 Å². The molecule has 0 fully saturated rings. The molecule has 0 spiro atoms. The number of hydrogen-bond acceptors (Lipinski definition) is 3. The smallest absolute Gasteiger partial charge is 0.189 e. The fraction of sp³-hybridized carbons (Fsp3) is 0.571. The SMILES string of the molecule is CCCNC(C)c1ccc(OCOCC)c(Cl)c1. The number of hydrogen-bond donors (Lipinski definition) is 1. The van der Waals surface area contributed by atoms with E-state index in [1.54, 1.807) is 0 Å². The summed E-state index contributed by atoms with van der Waals surface area (Å²) in [4.78, 5) is 0. The molecule has 0 aliphatic rings. The third kappa shape index (κ3) is 4.84. The van der Waals surface area contributed by atoms with Gasteiger partial charge in [-0.1, -0.05) is 24.6 Å². The minimum Gasteiger partial charge on any atom is -0.466 e. The molecule has 102 valence electrons. The molecule has 1 atom stereocenters. The molecule has 0 aromatic heterocycles. The van der Waals surface area contributed by atoms with Gasteiger partial charge in [-0.15, -0.1) is 0 Å². The second kappa shape index (κ2) is 8.35. The van der Waals surface area contributed by atoms with Crippen LogP contribution in [0.2, 0.25) is 5.02 Å². The van der Waals surface area contributed by atoms with Gasteiger partial charge >= 0.3 is 0 Å². The van der Waals surface area contributed by atoms with Crippen molar-refractivity contribution < 1.29 is 9.47 Å². The minimum atomic E-state index is 0.235. The molecule has 0 radical (unpaired) electrons. The van der Waals surface area contributed by atoms with E-state index in [0.29, 0.717) is 23.4 Å². The predicted molar refractivity (Wildman–Crippen MR) is 75.3 cm³/mol. The van der Waals surface area contributed by atoms with E-state index in [0.717, 1.165) is 18.5 Å². The third-order valence-corrected chi connectivity index (χ3v) is 2.95. The highest BCUT2D eigenvalue weighted by atomic mass is 35.5. The first-order valence-electron chi connectivity index (χ1n) is 6.42. The van der Waals surface area contributed by atoms with Crippen LogP contribution in [0.15, 0.2) is 18.2 Å². The van der Waals surface area contributed by atoms with Gasteiger partial charge in [0.15, 0.2) is 6.79 Å². The van der Waals surface area contributed by atoms with Gasteiger partial charge in [0, 0.05) is 12.6 Å². The van der Waals surface area contributed by atoms with Crippen LogP contribution < -0.4 is 10.1 Å². The van der Waals surface area contributed by atoms with Crippen molar-refractivity contribution in [2.75, 3.05) is 19.9 Å². The van der Waals surface area contributed by atoms with Gasteiger partial charge in [0.2, 0.25) is 0 Å². The molecule has 0 saturated heterocycles. The molecule has 0 bridgehead atoms. The lowest BCUT2D eigenvalue weighted by atomic mass is 10.1. The van der Waals surface area contributed by atoms with Crippen LogP contribution in [0.25, 0.3) is 0 Å². The zero-order valence-electron chi connectivity index (χ0n) is 11.3. The molecular formula is C14H22ClNO2. The summed E-state index contributed by atoms with van der Waals surface area (Å²) in [6.07, 6.45) is 1.12. The number of nitrogens with one attached hydrogen (secondary N) is 1. The average molecular weight is 272 g/mol. The minimum absolute atomic E-state index is 0.235. The Hall–Kier alpha value is -0.770. The average Bonchev–Trinajstić information content (AvgIpc) is 2.38. The highest BCUT2D eigenvalue weighted by molar-refractivity contribution is 6.32. The van der Waals surface area contributed by atoms with Crippen LogP contribution in [0.3, 0.4) is 0 Å². The molecule has 1 aromatic carbocycles. The zero-order valence-corrected chi connectivity index (χ0v) is 12.1. The number of rotatable bonds is 8. The van der Waals surface area contributed by atoms with E-state index in [-0.39, 0.29) is 6.79 Å². The maximum Gasteiger partial charge on any atom is 0.189 e. The van der Waals surface area contributed by atoms with E-state index in [9.17, 15) is 0 Å². The second-order valence-corrected chi connectivity index (χ2v) is 4.53. The van der Waals surface area contributed by atoms with Gasteiger partial charge in [-0.25, -0.2) is 0 Å². The first kappa shape index (κ1) is 15.3. The molecule has 0 amide bonds. The maximum atomic E-state index is 6.18. The zero-order chi connectivity index (χ0) is 13.4. The lowest BCUT2D eigenvalue weighted by Crippen LogP contribution is -2.19. The summed E-state index contributed by atoms with van der Waals surface area (Å²) in [5.41, 5.74) is 1.16. The molecule has 1 N–H and O–H groups in total. The van der Waals surface area contributed by atoms with Crippen molar-refractivity contribution in [3.05, 3.63) is 28.8 Å². The first-order chi connectivity index (χ1) is 8.69. The summed E-state index contributed by atoms with van der Waals surface area (Å²) >= 11 is 6.18. The summed E-state index contributed by atoms with van der Waals surface area (Å²) in [5, 5.41) is 4.05. The fourth-order valence-electron chi connectivity index (χ4n) is 1.57. The van der Waals surface area contributed by atoms with Crippen molar-refractivity contribution in [1.82, 2.24) is 5.32 Å². The van der Waals surface area contributed by atoms with Crippen LogP contribution in [-0.4, -0.2) is 19.9 Å². The van der Waals surface area contributed by atoms with Crippen LogP contribution in [-0.2, 0) is 4.74 Å². The summed E-state index contributed by atoms with van der Waals surface area (Å²) in [6.45, 7) is 8.07. The first-order valence-corrected chi connectivity index (χ1v) is 6.80. The van der Waals surface area contributed by atoms with Gasteiger partial charge in [0.05, 0.1) is 5.02 Å². The highest BCUT2D eigenvalue weighted by Crippen LogP contribution is 2.27. The van der Waals surface area contributed by atoms with Gasteiger partial charge in [-0.3, -0.25) is 0 Å². The lowest BCUT2D eigenvalue weighted by Gasteiger charge is -2.15. The molecule has 18 heavy (non-hydrogen) atoms. The molecule has 4 heteroatoms. The maximum absolute atomic E-state index is 6.18. The summed E-state index contributed by atoms with van der Waals surface area (Å²) in [5.74, 6) is 0.663. The van der Waals surface area contributed by atoms with E-state index in [2.05, 4.69) is 19.2 Å². The predicted octanol–water partition coefficient (Wildman–Crippen LogP) is 3.77. The molecule has 0 heterocycles. The molecule has 1 rings (SSSR count). The Morgan fingerprint density at radius 1 is 1.33 bits per heavy atom. The van der Waals surface area contributed by atoms with Gasteiger partial charge in [-0.2, -0.15) is 0 Å². The molecular weight excluding hydrogens is 250 g/mol. The summed E-state index contributed by atoms with van der Waals surface area (Å²) in [6, 6.07) is 6.15. The van der Waals surface area contributed by atoms with Crippen LogP contribution in [0.4, 0.5) is 0 Å². The quantitative estimate of drug-likeness (QED) is 0.577. The molecule has 0 aliphatic carbocycles. The molecule has 1 aromatic rings.